The van der Waals surface area contributed by atoms with E-state index in [9.17, 15) is 33.9 Å². The number of benzene rings is 1. The van der Waals surface area contributed by atoms with E-state index in [1.54, 1.807) is 30.3 Å². The molecule has 2 N–H and O–H groups in total. The molecule has 0 aromatic heterocycles. The average Bonchev–Trinajstić information content (AvgIpc) is 2.81. The van der Waals surface area contributed by atoms with Crippen LogP contribution in [0, 0.1) is 0 Å². The molecule has 39 heavy (non-hydrogen) atoms. The van der Waals surface area contributed by atoms with Gasteiger partial charge in [-0.15, -0.1) is 0 Å². The van der Waals surface area contributed by atoms with Gasteiger partial charge in [0.15, 0.2) is 12.2 Å². The molecule has 1 heterocycles. The number of amides is 1. The lowest BCUT2D eigenvalue weighted by Gasteiger charge is -2.48. The number of esters is 4. The Balaban J connectivity index is 2.72. The third-order valence-electron chi connectivity index (χ3n) is 5.35. The minimum absolute atomic E-state index is 0.419. The van der Waals surface area contributed by atoms with Crippen molar-refractivity contribution in [2.45, 2.75) is 81.3 Å². The minimum atomic E-state index is -2.12. The van der Waals surface area contributed by atoms with Crippen LogP contribution in [0.25, 0.3) is 0 Å². The van der Waals surface area contributed by atoms with Crippen LogP contribution in [0.2, 0.25) is 0 Å². The first-order valence-corrected chi connectivity index (χ1v) is 12.6. The highest BCUT2D eigenvalue weighted by Crippen LogP contribution is 2.45. The molecule has 2 rings (SSSR count). The molecule has 0 unspecified atom stereocenters. The van der Waals surface area contributed by atoms with Gasteiger partial charge in [0.25, 0.3) is 0 Å². The Kier molecular flexibility index (Phi) is 11.3. The lowest BCUT2D eigenvalue weighted by atomic mass is 9.89. The van der Waals surface area contributed by atoms with E-state index in [4.69, 9.17) is 23.7 Å². The molecule has 1 aromatic carbocycles. The van der Waals surface area contributed by atoms with Gasteiger partial charge >= 0.3 is 29.8 Å². The zero-order valence-electron chi connectivity index (χ0n) is 22.0. The predicted octanol–water partition coefficient (Wildman–Crippen LogP) is 1.21. The summed E-state index contributed by atoms with van der Waals surface area (Å²) in [6, 6.07) is 7.10. The summed E-state index contributed by atoms with van der Waals surface area (Å²) in [7, 11) is 0. The van der Waals surface area contributed by atoms with E-state index in [-0.39, 0.29) is 0 Å². The van der Waals surface area contributed by atoms with Crippen LogP contribution in [-0.2, 0) is 52.5 Å². The summed E-state index contributed by atoms with van der Waals surface area (Å²) in [5.74, 6) is -5.29. The molecule has 0 radical (unpaired) electrons. The van der Waals surface area contributed by atoms with Crippen LogP contribution < -0.4 is 5.32 Å². The molecule has 0 bridgehead atoms. The van der Waals surface area contributed by atoms with E-state index >= 15 is 0 Å². The highest BCUT2D eigenvalue weighted by molar-refractivity contribution is 8.01. The van der Waals surface area contributed by atoms with Crippen molar-refractivity contribution in [2.75, 3.05) is 6.61 Å². The SMILES string of the molecule is CC(=O)N[C@H]1[C@H]([C@H](OC(C)=O)[C@@H](COC(C)=O)OC(C)=O)O[C@](Sc2ccccc2)(C(=O)O)C[C@@H]1OC(C)=O. The smallest absolute Gasteiger partial charge is 0.347 e. The van der Waals surface area contributed by atoms with Gasteiger partial charge in [-0.3, -0.25) is 24.0 Å². The standard InChI is InChI=1S/C25H31NO12S/c1-13(27)26-21-19(35-15(3)29)11-25(24(32)33,39-18-9-7-6-8-10-18)38-23(21)22(37-17(5)31)20(36-16(4)30)12-34-14(2)28/h6-10,19-23H,11-12H2,1-5H3,(H,26,27)(H,32,33)/t19-,20+,21+,22+,23+,25+/m0/s1. The third kappa shape index (κ3) is 9.25. The van der Waals surface area contributed by atoms with E-state index in [1.807, 2.05) is 0 Å². The maximum Gasteiger partial charge on any atom is 0.347 e. The van der Waals surface area contributed by atoms with E-state index in [2.05, 4.69) is 5.32 Å². The van der Waals surface area contributed by atoms with Crippen molar-refractivity contribution in [1.29, 1.82) is 0 Å². The lowest BCUT2D eigenvalue weighted by Crippen LogP contribution is -2.67. The fourth-order valence-corrected chi connectivity index (χ4v) is 5.20. The maximum absolute atomic E-state index is 12.8. The van der Waals surface area contributed by atoms with Gasteiger partial charge in [-0.2, -0.15) is 0 Å². The van der Waals surface area contributed by atoms with Crippen LogP contribution in [-0.4, -0.2) is 82.9 Å². The maximum atomic E-state index is 12.8. The number of carbonyl (C=O) groups is 6. The zero-order chi connectivity index (χ0) is 29.3. The van der Waals surface area contributed by atoms with Crippen molar-refractivity contribution in [1.82, 2.24) is 5.32 Å². The first kappa shape index (κ1) is 31.6. The van der Waals surface area contributed by atoms with Crippen molar-refractivity contribution < 1.29 is 57.6 Å². The zero-order valence-corrected chi connectivity index (χ0v) is 22.9. The van der Waals surface area contributed by atoms with Crippen LogP contribution in [0.5, 0.6) is 0 Å². The molecule has 13 nitrogen and oxygen atoms in total. The molecule has 1 amide bonds. The number of carbonyl (C=O) groups excluding carboxylic acids is 5. The van der Waals surface area contributed by atoms with Gasteiger partial charge in [0.05, 0.1) is 6.04 Å². The molecule has 1 fully saturated rings. The Morgan fingerprint density at radius 1 is 0.974 bits per heavy atom. The highest BCUT2D eigenvalue weighted by Gasteiger charge is 2.58. The fourth-order valence-electron chi connectivity index (χ4n) is 4.03. The van der Waals surface area contributed by atoms with Crippen molar-refractivity contribution in [2.24, 2.45) is 0 Å². The number of ether oxygens (including phenoxy) is 5. The summed E-state index contributed by atoms with van der Waals surface area (Å²) in [6.45, 7) is 4.89. The first-order chi connectivity index (χ1) is 18.2. The van der Waals surface area contributed by atoms with E-state index < -0.39 is 84.2 Å². The number of nitrogens with one attached hydrogen (secondary N) is 1. The molecule has 1 aliphatic rings. The largest absolute Gasteiger partial charge is 0.478 e. The summed E-state index contributed by atoms with van der Waals surface area (Å²) in [4.78, 5) is 71.0. The van der Waals surface area contributed by atoms with Gasteiger partial charge < -0.3 is 34.1 Å². The quantitative estimate of drug-likeness (QED) is 0.287. The number of aliphatic carboxylic acids is 1. The molecule has 14 heteroatoms. The number of thioether (sulfide) groups is 1. The van der Waals surface area contributed by atoms with E-state index in [0.29, 0.717) is 4.90 Å². The topological polar surface area (TPSA) is 181 Å². The molecule has 6 atom stereocenters. The van der Waals surface area contributed by atoms with Crippen LogP contribution in [0.1, 0.15) is 41.0 Å². The van der Waals surface area contributed by atoms with Gasteiger partial charge in [-0.05, 0) is 12.1 Å². The molecule has 0 aliphatic carbocycles. The third-order valence-corrected chi connectivity index (χ3v) is 6.63. The summed E-state index contributed by atoms with van der Waals surface area (Å²) >= 11 is 0.796. The Morgan fingerprint density at radius 3 is 2.08 bits per heavy atom. The highest BCUT2D eigenvalue weighted by atomic mass is 32.2. The van der Waals surface area contributed by atoms with Crippen molar-refractivity contribution in [3.05, 3.63) is 30.3 Å². The Morgan fingerprint density at radius 2 is 1.59 bits per heavy atom. The average molecular weight is 570 g/mol. The summed E-state index contributed by atoms with van der Waals surface area (Å²) in [5.41, 5.74) is 0. The van der Waals surface area contributed by atoms with Crippen LogP contribution >= 0.6 is 11.8 Å². The van der Waals surface area contributed by atoms with Crippen LogP contribution in [0.4, 0.5) is 0 Å². The second-order valence-electron chi connectivity index (χ2n) is 8.66. The van der Waals surface area contributed by atoms with Gasteiger partial charge in [0.2, 0.25) is 10.8 Å². The molecular formula is C25H31NO12S. The molecule has 1 saturated heterocycles. The summed E-state index contributed by atoms with van der Waals surface area (Å²) in [5, 5.41) is 12.9. The number of hydrogen-bond donors (Lipinski definition) is 2. The Hall–Kier alpha value is -3.65. The summed E-state index contributed by atoms with van der Waals surface area (Å²) in [6.07, 6.45) is -6.38. The number of rotatable bonds is 11. The fraction of sp³-hybridized carbons (Fsp3) is 0.520. The minimum Gasteiger partial charge on any atom is -0.478 e. The van der Waals surface area contributed by atoms with Crippen LogP contribution in [0.3, 0.4) is 0 Å². The van der Waals surface area contributed by atoms with Crippen molar-refractivity contribution in [3.63, 3.8) is 0 Å². The summed E-state index contributed by atoms with van der Waals surface area (Å²) < 4.78 is 27.3. The predicted molar refractivity (Wildman–Crippen MR) is 133 cm³/mol. The Bertz CT molecular complexity index is 1080. The van der Waals surface area contributed by atoms with Gasteiger partial charge in [0, 0.05) is 45.9 Å². The number of carboxylic acid groups (broad SMARTS) is 1. The van der Waals surface area contributed by atoms with Gasteiger partial charge in [-0.1, -0.05) is 30.0 Å². The Labute approximate surface area is 228 Å². The molecule has 1 aliphatic heterocycles. The molecule has 0 saturated carbocycles. The molecule has 0 spiro atoms. The lowest BCUT2D eigenvalue weighted by molar-refractivity contribution is -0.223. The first-order valence-electron chi connectivity index (χ1n) is 11.8. The number of hydrogen-bond acceptors (Lipinski definition) is 12. The van der Waals surface area contributed by atoms with E-state index in [1.165, 1.54) is 6.92 Å². The van der Waals surface area contributed by atoms with E-state index in [0.717, 1.165) is 39.5 Å². The van der Waals surface area contributed by atoms with Crippen LogP contribution in [0.15, 0.2) is 35.2 Å². The van der Waals surface area contributed by atoms with Crippen molar-refractivity contribution >= 4 is 47.5 Å². The normalized spacial score (nSPS) is 23.9. The number of carboxylic acids is 1. The van der Waals surface area contributed by atoms with Gasteiger partial charge in [-0.25, -0.2) is 4.79 Å². The van der Waals surface area contributed by atoms with Gasteiger partial charge in [0.1, 0.15) is 18.8 Å². The monoisotopic (exact) mass is 569 g/mol. The van der Waals surface area contributed by atoms with Crippen molar-refractivity contribution in [3.8, 4) is 0 Å². The molecule has 214 valence electrons. The molecule has 1 aromatic rings. The second-order valence-corrected chi connectivity index (χ2v) is 9.99. The second kappa shape index (κ2) is 13.9. The molecular weight excluding hydrogens is 538 g/mol.